The van der Waals surface area contributed by atoms with E-state index in [1.54, 1.807) is 0 Å². The first-order valence-electron chi connectivity index (χ1n) is 8.34. The van der Waals surface area contributed by atoms with Gasteiger partial charge in [-0.05, 0) is 25.5 Å². The van der Waals surface area contributed by atoms with Crippen LogP contribution in [0.4, 0.5) is 19.0 Å². The molecule has 2 rings (SSSR count). The van der Waals surface area contributed by atoms with Gasteiger partial charge in [-0.1, -0.05) is 13.3 Å². The minimum absolute atomic E-state index is 0.0631. The maximum atomic E-state index is 13.1. The van der Waals surface area contributed by atoms with E-state index in [2.05, 4.69) is 4.98 Å². The van der Waals surface area contributed by atoms with E-state index in [4.69, 9.17) is 4.74 Å². The Kier molecular flexibility index (Phi) is 6.22. The fourth-order valence-corrected chi connectivity index (χ4v) is 2.87. The summed E-state index contributed by atoms with van der Waals surface area (Å²) >= 11 is 0. The molecule has 0 bridgehead atoms. The summed E-state index contributed by atoms with van der Waals surface area (Å²) in [5, 5.41) is 9.49. The summed E-state index contributed by atoms with van der Waals surface area (Å²) in [5.74, 6) is -2.35. The number of alkyl halides is 3. The van der Waals surface area contributed by atoms with Crippen LogP contribution in [0.1, 0.15) is 37.4 Å². The Morgan fingerprint density at radius 2 is 2.12 bits per heavy atom. The Morgan fingerprint density at radius 3 is 2.69 bits per heavy atom. The average Bonchev–Trinajstić information content (AvgIpc) is 2.90. The van der Waals surface area contributed by atoms with E-state index in [-0.39, 0.29) is 24.5 Å². The van der Waals surface area contributed by atoms with Crippen molar-refractivity contribution in [2.24, 2.45) is 5.92 Å². The zero-order valence-corrected chi connectivity index (χ0v) is 14.5. The van der Waals surface area contributed by atoms with Gasteiger partial charge in [-0.3, -0.25) is 9.69 Å². The number of carbonyl (C=O) groups excluding carboxylic acids is 2. The number of hydrogen-bond donors (Lipinski definition) is 1. The monoisotopic (exact) mass is 374 g/mol. The molecule has 9 heteroatoms. The maximum Gasteiger partial charge on any atom is 0.416 e. The number of nitrogens with zero attached hydrogens (tertiary/aromatic N) is 2. The number of aliphatic hydroxyl groups is 1. The number of aliphatic hydroxyl groups excluding tert-OH is 1. The number of aromatic nitrogens is 1. The maximum absolute atomic E-state index is 13.1. The van der Waals surface area contributed by atoms with Gasteiger partial charge in [-0.15, -0.1) is 0 Å². The molecule has 26 heavy (non-hydrogen) atoms. The van der Waals surface area contributed by atoms with E-state index in [0.29, 0.717) is 6.42 Å². The molecule has 1 saturated heterocycles. The van der Waals surface area contributed by atoms with Gasteiger partial charge >= 0.3 is 12.1 Å². The summed E-state index contributed by atoms with van der Waals surface area (Å²) in [6, 6.07) is 0.402. The highest BCUT2D eigenvalue weighted by Crippen LogP contribution is 2.35. The smallest absolute Gasteiger partial charge is 0.416 e. The van der Waals surface area contributed by atoms with Crippen molar-refractivity contribution in [3.63, 3.8) is 0 Å². The van der Waals surface area contributed by atoms with Gasteiger partial charge in [0.2, 0.25) is 5.91 Å². The van der Waals surface area contributed by atoms with Gasteiger partial charge < -0.3 is 9.84 Å². The molecule has 0 saturated carbocycles. The van der Waals surface area contributed by atoms with Gasteiger partial charge in [0.25, 0.3) is 0 Å². The Hall–Kier alpha value is -2.16. The third kappa shape index (κ3) is 4.32. The van der Waals surface area contributed by atoms with Crippen LogP contribution in [0.2, 0.25) is 0 Å². The van der Waals surface area contributed by atoms with Crippen molar-refractivity contribution in [3.8, 4) is 0 Å². The fraction of sp³-hybridized carbons (Fsp3) is 0.588. The number of hydrogen-bond acceptors (Lipinski definition) is 5. The van der Waals surface area contributed by atoms with Crippen LogP contribution in [-0.4, -0.2) is 41.2 Å². The van der Waals surface area contributed by atoms with Crippen molar-refractivity contribution in [2.45, 2.75) is 45.3 Å². The molecule has 1 amide bonds. The second-order valence-electron chi connectivity index (χ2n) is 6.23. The van der Waals surface area contributed by atoms with Crippen LogP contribution in [0, 0.1) is 12.8 Å². The highest BCUT2D eigenvalue weighted by Gasteiger charge is 2.47. The molecule has 0 aromatic carbocycles. The molecule has 0 aliphatic carbocycles. The highest BCUT2D eigenvalue weighted by molar-refractivity contribution is 6.02. The van der Waals surface area contributed by atoms with Crippen LogP contribution in [0.15, 0.2) is 12.1 Å². The molecular formula is C17H21F3N2O4. The van der Waals surface area contributed by atoms with E-state index >= 15 is 0 Å². The standard InChI is InChI=1S/C17H21F3N2O4/c1-3-4-5-26-16(25)15-11(9-23)7-14(24)22(15)13-8-12(17(18,19)20)6-10(2)21-13/h6,8,11,15,23H,3-5,7,9H2,1-2H3/t11-,15+/m1/s1. The lowest BCUT2D eigenvalue weighted by atomic mass is 10.0. The van der Waals surface area contributed by atoms with E-state index in [1.807, 2.05) is 6.92 Å². The Labute approximate surface area is 149 Å². The van der Waals surface area contributed by atoms with Gasteiger partial charge in [0.15, 0.2) is 0 Å². The Bertz CT molecular complexity index is 678. The summed E-state index contributed by atoms with van der Waals surface area (Å²) in [4.78, 5) is 29.7. The van der Waals surface area contributed by atoms with Crippen molar-refractivity contribution in [3.05, 3.63) is 23.4 Å². The van der Waals surface area contributed by atoms with Crippen molar-refractivity contribution >= 4 is 17.7 Å². The molecule has 2 heterocycles. The highest BCUT2D eigenvalue weighted by atomic mass is 19.4. The molecule has 0 radical (unpaired) electrons. The summed E-state index contributed by atoms with van der Waals surface area (Å²) < 4.78 is 44.4. The van der Waals surface area contributed by atoms with Crippen molar-refractivity contribution in [1.29, 1.82) is 0 Å². The molecule has 0 unspecified atom stereocenters. The second-order valence-corrected chi connectivity index (χ2v) is 6.23. The Balaban J connectivity index is 2.39. The number of aryl methyl sites for hydroxylation is 1. The van der Waals surface area contributed by atoms with Gasteiger partial charge in [0.1, 0.15) is 11.9 Å². The molecule has 1 aliphatic heterocycles. The summed E-state index contributed by atoms with van der Waals surface area (Å²) in [7, 11) is 0. The Morgan fingerprint density at radius 1 is 1.42 bits per heavy atom. The van der Waals surface area contributed by atoms with E-state index in [9.17, 15) is 27.9 Å². The zero-order chi connectivity index (χ0) is 19.5. The largest absolute Gasteiger partial charge is 0.464 e. The van der Waals surface area contributed by atoms with E-state index in [1.165, 1.54) is 6.92 Å². The van der Waals surface area contributed by atoms with Gasteiger partial charge in [0.05, 0.1) is 12.2 Å². The number of halogens is 3. The first-order chi connectivity index (χ1) is 12.2. The molecule has 1 N–H and O–H groups in total. The SMILES string of the molecule is CCCCOC(=O)[C@@H]1[C@@H](CO)CC(=O)N1c1cc(C(F)(F)F)cc(C)n1. The first-order valence-corrected chi connectivity index (χ1v) is 8.34. The van der Waals surface area contributed by atoms with Crippen molar-refractivity contribution < 1.29 is 32.6 Å². The second kappa shape index (κ2) is 8.03. The average molecular weight is 374 g/mol. The van der Waals surface area contributed by atoms with Crippen LogP contribution in [-0.2, 0) is 20.5 Å². The molecule has 2 atom stereocenters. The minimum Gasteiger partial charge on any atom is -0.464 e. The van der Waals surface area contributed by atoms with Gasteiger partial charge in [-0.25, -0.2) is 9.78 Å². The van der Waals surface area contributed by atoms with Crippen LogP contribution < -0.4 is 4.90 Å². The molecule has 1 fully saturated rings. The lowest BCUT2D eigenvalue weighted by Crippen LogP contribution is -2.44. The molecule has 1 aliphatic rings. The number of amides is 1. The van der Waals surface area contributed by atoms with E-state index in [0.717, 1.165) is 23.5 Å². The first kappa shape index (κ1) is 20.2. The normalized spacial score (nSPS) is 20.5. The molecule has 1 aromatic rings. The van der Waals surface area contributed by atoms with Crippen LogP contribution in [0.25, 0.3) is 0 Å². The van der Waals surface area contributed by atoms with Crippen molar-refractivity contribution in [2.75, 3.05) is 18.1 Å². The van der Waals surface area contributed by atoms with Crippen LogP contribution >= 0.6 is 0 Å². The lowest BCUT2D eigenvalue weighted by Gasteiger charge is -2.26. The van der Waals surface area contributed by atoms with Gasteiger partial charge in [0, 0.05) is 24.6 Å². The third-order valence-electron chi connectivity index (χ3n) is 4.16. The molecule has 6 nitrogen and oxygen atoms in total. The fourth-order valence-electron chi connectivity index (χ4n) is 2.87. The van der Waals surface area contributed by atoms with Crippen LogP contribution in [0.3, 0.4) is 0 Å². The summed E-state index contributed by atoms with van der Waals surface area (Å²) in [6.07, 6.45) is -3.37. The number of esters is 1. The zero-order valence-electron chi connectivity index (χ0n) is 14.5. The molecule has 0 spiro atoms. The molecule has 1 aromatic heterocycles. The number of unbranched alkanes of at least 4 members (excludes halogenated alkanes) is 1. The minimum atomic E-state index is -4.61. The molecular weight excluding hydrogens is 353 g/mol. The number of rotatable bonds is 6. The predicted molar refractivity (Wildman–Crippen MR) is 86.3 cm³/mol. The number of pyridine rings is 1. The number of anilines is 1. The summed E-state index contributed by atoms with van der Waals surface area (Å²) in [5.41, 5.74) is -0.897. The number of carbonyl (C=O) groups is 2. The number of ether oxygens (including phenoxy) is 1. The topological polar surface area (TPSA) is 79.7 Å². The lowest BCUT2D eigenvalue weighted by molar-refractivity contribution is -0.146. The predicted octanol–water partition coefficient (Wildman–Crippen LogP) is 2.47. The quantitative estimate of drug-likeness (QED) is 0.611. The van der Waals surface area contributed by atoms with Gasteiger partial charge in [-0.2, -0.15) is 13.2 Å². The van der Waals surface area contributed by atoms with E-state index < -0.39 is 42.2 Å². The third-order valence-corrected chi connectivity index (χ3v) is 4.16. The van der Waals surface area contributed by atoms with Crippen LogP contribution in [0.5, 0.6) is 0 Å². The van der Waals surface area contributed by atoms with Crippen molar-refractivity contribution in [1.82, 2.24) is 4.98 Å². The molecule has 144 valence electrons. The summed E-state index contributed by atoms with van der Waals surface area (Å²) in [6.45, 7) is 2.96.